The van der Waals surface area contributed by atoms with Crippen molar-refractivity contribution in [2.24, 2.45) is 7.05 Å². The highest BCUT2D eigenvalue weighted by Gasteiger charge is 2.22. The number of anilines is 1. The Labute approximate surface area is 137 Å². The zero-order valence-corrected chi connectivity index (χ0v) is 13.5. The largest absolute Gasteiger partial charge is 0.380 e. The van der Waals surface area contributed by atoms with Crippen molar-refractivity contribution in [3.8, 4) is 11.8 Å². The Morgan fingerprint density at radius 1 is 1.33 bits per heavy atom. The molecule has 124 valence electrons. The molecule has 1 amide bonds. The van der Waals surface area contributed by atoms with Gasteiger partial charge >= 0.3 is 10.1 Å². The van der Waals surface area contributed by atoms with Gasteiger partial charge in [0.15, 0.2) is 11.3 Å². The second-order valence-electron chi connectivity index (χ2n) is 4.74. The summed E-state index contributed by atoms with van der Waals surface area (Å²) in [4.78, 5) is 24.5. The second kappa shape index (κ2) is 6.51. The first-order valence-electron chi connectivity index (χ1n) is 6.48. The van der Waals surface area contributed by atoms with Crippen molar-refractivity contribution < 1.29 is 17.4 Å². The maximum absolute atomic E-state index is 12.4. The monoisotopic (exact) mass is 348 g/mol. The molecule has 0 fully saturated rings. The lowest BCUT2D eigenvalue weighted by molar-refractivity contribution is 0.102. The lowest BCUT2D eigenvalue weighted by atomic mass is 10.2. The van der Waals surface area contributed by atoms with Crippen LogP contribution >= 0.6 is 0 Å². The van der Waals surface area contributed by atoms with Gasteiger partial charge in [-0.15, -0.1) is 0 Å². The number of nitriles is 1. The minimum atomic E-state index is -3.95. The van der Waals surface area contributed by atoms with E-state index in [2.05, 4.69) is 14.6 Å². The molecule has 9 nitrogen and oxygen atoms in total. The number of benzene rings is 1. The summed E-state index contributed by atoms with van der Waals surface area (Å²) in [6.07, 6.45) is 1.75. The van der Waals surface area contributed by atoms with Gasteiger partial charge in [0.1, 0.15) is 0 Å². The Morgan fingerprint density at radius 3 is 2.50 bits per heavy atom. The average Bonchev–Trinajstić information content (AvgIpc) is 2.50. The van der Waals surface area contributed by atoms with Gasteiger partial charge in [-0.05, 0) is 24.3 Å². The van der Waals surface area contributed by atoms with E-state index in [-0.39, 0.29) is 0 Å². The topological polar surface area (TPSA) is 131 Å². The summed E-state index contributed by atoms with van der Waals surface area (Å²) in [7, 11) is -2.64. The van der Waals surface area contributed by atoms with Crippen LogP contribution in [-0.4, -0.2) is 30.4 Å². The van der Waals surface area contributed by atoms with Crippen molar-refractivity contribution >= 4 is 21.7 Å². The highest BCUT2D eigenvalue weighted by Crippen LogP contribution is 2.17. The zero-order chi connectivity index (χ0) is 17.9. The van der Waals surface area contributed by atoms with Crippen LogP contribution < -0.4 is 15.1 Å². The molecule has 0 bridgehead atoms. The molecule has 0 radical (unpaired) electrons. The number of carbonyl (C=O) groups is 1. The van der Waals surface area contributed by atoms with Crippen molar-refractivity contribution in [3.05, 3.63) is 51.9 Å². The number of nitrogens with zero attached hydrogens (tertiary/aromatic N) is 3. The summed E-state index contributed by atoms with van der Waals surface area (Å²) in [5.74, 6) is -1.33. The van der Waals surface area contributed by atoms with Crippen LogP contribution in [0.25, 0.3) is 0 Å². The van der Waals surface area contributed by atoms with Crippen molar-refractivity contribution in [3.63, 3.8) is 0 Å². The van der Waals surface area contributed by atoms with E-state index in [1.807, 2.05) is 6.07 Å². The van der Waals surface area contributed by atoms with Crippen LogP contribution in [0.4, 0.5) is 5.69 Å². The van der Waals surface area contributed by atoms with E-state index >= 15 is 0 Å². The van der Waals surface area contributed by atoms with E-state index in [4.69, 9.17) is 5.26 Å². The smallest absolute Gasteiger partial charge is 0.306 e. The van der Waals surface area contributed by atoms with Gasteiger partial charge in [0.05, 0.1) is 24.1 Å². The lowest BCUT2D eigenvalue weighted by Crippen LogP contribution is -2.30. The van der Waals surface area contributed by atoms with Crippen LogP contribution in [0.15, 0.2) is 35.3 Å². The van der Waals surface area contributed by atoms with E-state index < -0.39 is 32.9 Å². The van der Waals surface area contributed by atoms with Gasteiger partial charge in [0.2, 0.25) is 0 Å². The first kappa shape index (κ1) is 17.2. The molecule has 0 saturated heterocycles. The fourth-order valence-corrected chi connectivity index (χ4v) is 2.23. The number of nitrogens with one attached hydrogen (secondary N) is 1. The highest BCUT2D eigenvalue weighted by molar-refractivity contribution is 7.86. The number of amides is 1. The molecule has 0 atom stereocenters. The molecule has 2 rings (SSSR count). The van der Waals surface area contributed by atoms with E-state index in [0.717, 1.165) is 17.1 Å². The van der Waals surface area contributed by atoms with Gasteiger partial charge in [-0.25, -0.2) is 4.68 Å². The average molecular weight is 348 g/mol. The first-order valence-corrected chi connectivity index (χ1v) is 8.30. The summed E-state index contributed by atoms with van der Waals surface area (Å²) in [6.45, 7) is 0. The summed E-state index contributed by atoms with van der Waals surface area (Å²) >= 11 is 0. The summed E-state index contributed by atoms with van der Waals surface area (Å²) in [6, 6.07) is 7.83. The van der Waals surface area contributed by atoms with Crippen LogP contribution in [-0.2, 0) is 17.2 Å². The Hall–Kier alpha value is -3.19. The van der Waals surface area contributed by atoms with Gasteiger partial charge in [-0.1, -0.05) is 0 Å². The molecule has 2 aromatic rings. The fraction of sp³-hybridized carbons (Fsp3) is 0.143. The van der Waals surface area contributed by atoms with Crippen LogP contribution in [0.1, 0.15) is 15.9 Å². The molecule has 1 heterocycles. The highest BCUT2D eigenvalue weighted by atomic mass is 32.2. The van der Waals surface area contributed by atoms with Crippen molar-refractivity contribution in [2.75, 3.05) is 11.6 Å². The van der Waals surface area contributed by atoms with Gasteiger partial charge in [0, 0.05) is 12.7 Å². The Kier molecular flexibility index (Phi) is 4.66. The maximum Gasteiger partial charge on any atom is 0.306 e. The van der Waals surface area contributed by atoms with Gasteiger partial charge in [0.25, 0.3) is 11.5 Å². The SMILES string of the molecule is Cn1ncc(OS(C)(=O)=O)c(C(=O)Nc2ccc(C#N)cc2)c1=O. The number of aromatic nitrogens is 2. The third kappa shape index (κ3) is 3.96. The van der Waals surface area contributed by atoms with Crippen LogP contribution in [0.3, 0.4) is 0 Å². The fourth-order valence-electron chi connectivity index (χ4n) is 1.78. The molecule has 0 unspecified atom stereocenters. The number of aryl methyl sites for hydroxylation is 1. The molecular weight excluding hydrogens is 336 g/mol. The van der Waals surface area contributed by atoms with Crippen LogP contribution in [0.5, 0.6) is 5.75 Å². The molecule has 0 aliphatic rings. The summed E-state index contributed by atoms with van der Waals surface area (Å²) in [5, 5.41) is 14.8. The number of hydrogen-bond donors (Lipinski definition) is 1. The molecule has 0 aliphatic heterocycles. The third-order valence-corrected chi connectivity index (χ3v) is 3.32. The Morgan fingerprint density at radius 2 is 1.96 bits per heavy atom. The quantitative estimate of drug-likeness (QED) is 0.783. The molecule has 24 heavy (non-hydrogen) atoms. The van der Waals surface area contributed by atoms with Crippen molar-refractivity contribution in [2.45, 2.75) is 0 Å². The van der Waals surface area contributed by atoms with Crippen LogP contribution in [0, 0.1) is 11.3 Å². The summed E-state index contributed by atoms with van der Waals surface area (Å²) < 4.78 is 28.1. The van der Waals surface area contributed by atoms with Crippen LogP contribution in [0.2, 0.25) is 0 Å². The summed E-state index contributed by atoms with van der Waals surface area (Å²) in [5.41, 5.74) is -0.596. The standard InChI is InChI=1S/C14H12N4O5S/c1-18-14(20)12(11(8-16-18)23-24(2,21)22)13(19)17-10-5-3-9(7-15)4-6-10/h3-6,8H,1-2H3,(H,17,19). The predicted molar refractivity (Wildman–Crippen MR) is 84.1 cm³/mol. The number of rotatable bonds is 4. The molecule has 1 aromatic heterocycles. The normalized spacial score (nSPS) is 10.7. The molecule has 1 aromatic carbocycles. The van der Waals surface area contributed by atoms with Crippen molar-refractivity contribution in [1.29, 1.82) is 5.26 Å². The Bertz CT molecular complexity index is 987. The molecule has 0 saturated carbocycles. The number of hydrogen-bond acceptors (Lipinski definition) is 7. The molecule has 0 spiro atoms. The minimum absolute atomic E-state index is 0.322. The minimum Gasteiger partial charge on any atom is -0.380 e. The van der Waals surface area contributed by atoms with E-state index in [1.165, 1.54) is 31.3 Å². The predicted octanol–water partition coefficient (Wildman–Crippen LogP) is 0.243. The third-order valence-electron chi connectivity index (χ3n) is 2.84. The second-order valence-corrected chi connectivity index (χ2v) is 6.32. The van der Waals surface area contributed by atoms with Gasteiger partial charge < -0.3 is 9.50 Å². The van der Waals surface area contributed by atoms with E-state index in [0.29, 0.717) is 11.3 Å². The molecular formula is C14H12N4O5S. The van der Waals surface area contributed by atoms with Crippen molar-refractivity contribution in [1.82, 2.24) is 9.78 Å². The lowest BCUT2D eigenvalue weighted by Gasteiger charge is -2.10. The molecule has 1 N–H and O–H groups in total. The zero-order valence-electron chi connectivity index (χ0n) is 12.7. The number of carbonyl (C=O) groups excluding carboxylic acids is 1. The molecule has 10 heteroatoms. The Balaban J connectivity index is 2.42. The van der Waals surface area contributed by atoms with E-state index in [1.54, 1.807) is 0 Å². The van der Waals surface area contributed by atoms with E-state index in [9.17, 15) is 18.0 Å². The van der Waals surface area contributed by atoms with Gasteiger partial charge in [-0.2, -0.15) is 18.8 Å². The first-order chi connectivity index (χ1) is 11.2. The maximum atomic E-state index is 12.4. The van der Waals surface area contributed by atoms with Gasteiger partial charge in [-0.3, -0.25) is 9.59 Å². The molecule has 0 aliphatic carbocycles.